The van der Waals surface area contributed by atoms with Gasteiger partial charge >= 0.3 is 0 Å². The molecular formula is C20H26N4O. The average molecular weight is 338 g/mol. The van der Waals surface area contributed by atoms with Crippen LogP contribution < -0.4 is 4.90 Å². The highest BCUT2D eigenvalue weighted by atomic mass is 16.5. The van der Waals surface area contributed by atoms with Crippen LogP contribution in [-0.2, 0) is 11.3 Å². The molecule has 2 saturated heterocycles. The molecule has 0 unspecified atom stereocenters. The minimum Gasteiger partial charge on any atom is -0.378 e. The number of nitrogens with zero attached hydrogens (tertiary/aromatic N) is 4. The first-order chi connectivity index (χ1) is 12.4. The van der Waals surface area contributed by atoms with E-state index in [9.17, 15) is 0 Å². The van der Waals surface area contributed by atoms with Gasteiger partial charge in [-0.1, -0.05) is 30.3 Å². The molecule has 1 atom stereocenters. The number of hydrogen-bond acceptors (Lipinski definition) is 5. The molecule has 2 fully saturated rings. The molecule has 0 amide bonds. The Hall–Kier alpha value is -1.98. The lowest BCUT2D eigenvalue weighted by atomic mass is 9.90. The van der Waals surface area contributed by atoms with E-state index in [4.69, 9.17) is 4.74 Å². The summed E-state index contributed by atoms with van der Waals surface area (Å²) < 4.78 is 5.39. The van der Waals surface area contributed by atoms with Crippen LogP contribution in [-0.4, -0.2) is 54.3 Å². The fourth-order valence-electron chi connectivity index (χ4n) is 3.81. The number of piperidine rings is 1. The number of anilines is 1. The maximum Gasteiger partial charge on any atom is 0.225 e. The van der Waals surface area contributed by atoms with E-state index in [2.05, 4.69) is 50.1 Å². The first kappa shape index (κ1) is 16.5. The van der Waals surface area contributed by atoms with Gasteiger partial charge in [-0.3, -0.25) is 4.90 Å². The van der Waals surface area contributed by atoms with E-state index in [-0.39, 0.29) is 0 Å². The molecule has 4 rings (SSSR count). The lowest BCUT2D eigenvalue weighted by molar-refractivity contribution is 0.122. The van der Waals surface area contributed by atoms with Crippen LogP contribution in [0.15, 0.2) is 42.7 Å². The average Bonchev–Trinajstić information content (AvgIpc) is 2.70. The second-order valence-electron chi connectivity index (χ2n) is 6.98. The van der Waals surface area contributed by atoms with E-state index in [1.54, 1.807) is 0 Å². The Bertz CT molecular complexity index is 655. The van der Waals surface area contributed by atoms with Gasteiger partial charge in [-0.2, -0.15) is 0 Å². The second-order valence-corrected chi connectivity index (χ2v) is 6.98. The fourth-order valence-corrected chi connectivity index (χ4v) is 3.81. The van der Waals surface area contributed by atoms with Crippen molar-refractivity contribution < 1.29 is 4.74 Å². The minimum atomic E-state index is 0.642. The Kier molecular flexibility index (Phi) is 5.23. The highest BCUT2D eigenvalue weighted by Gasteiger charge is 2.21. The maximum atomic E-state index is 5.39. The van der Waals surface area contributed by atoms with Crippen molar-refractivity contribution in [2.75, 3.05) is 44.3 Å². The number of morpholine rings is 1. The Morgan fingerprint density at radius 1 is 1.00 bits per heavy atom. The molecule has 1 aromatic heterocycles. The van der Waals surface area contributed by atoms with Crippen LogP contribution in [0.4, 0.5) is 5.95 Å². The van der Waals surface area contributed by atoms with E-state index in [0.29, 0.717) is 5.92 Å². The molecule has 0 bridgehead atoms. The summed E-state index contributed by atoms with van der Waals surface area (Å²) in [6.45, 7) is 6.50. The molecule has 0 radical (unpaired) electrons. The zero-order valence-electron chi connectivity index (χ0n) is 14.7. The monoisotopic (exact) mass is 338 g/mol. The third-order valence-corrected chi connectivity index (χ3v) is 5.17. The first-order valence-electron chi connectivity index (χ1n) is 9.29. The molecule has 0 aliphatic carbocycles. The third kappa shape index (κ3) is 4.17. The number of aromatic nitrogens is 2. The predicted octanol–water partition coefficient (Wildman–Crippen LogP) is 2.69. The molecule has 5 nitrogen and oxygen atoms in total. The van der Waals surface area contributed by atoms with E-state index in [0.717, 1.165) is 51.9 Å². The van der Waals surface area contributed by atoms with Crippen molar-refractivity contribution in [3.63, 3.8) is 0 Å². The van der Waals surface area contributed by atoms with Gasteiger partial charge in [-0.05, 0) is 30.9 Å². The van der Waals surface area contributed by atoms with Gasteiger partial charge in [0.2, 0.25) is 5.95 Å². The van der Waals surface area contributed by atoms with Gasteiger partial charge < -0.3 is 9.64 Å². The van der Waals surface area contributed by atoms with Crippen LogP contribution >= 0.6 is 0 Å². The number of benzene rings is 1. The predicted molar refractivity (Wildman–Crippen MR) is 98.8 cm³/mol. The minimum absolute atomic E-state index is 0.642. The fraction of sp³-hybridized carbons (Fsp3) is 0.500. The standard InChI is InChI=1S/C20H26N4O/c1-2-5-18(6-3-1)19-7-4-8-23(16-19)15-17-13-21-20(22-14-17)24-9-11-25-12-10-24/h1-3,5-6,13-14,19H,4,7-12,15-16H2/t19-/m1/s1. The van der Waals surface area contributed by atoms with Crippen molar-refractivity contribution in [3.8, 4) is 0 Å². The van der Waals surface area contributed by atoms with Crippen LogP contribution in [0.1, 0.15) is 29.9 Å². The van der Waals surface area contributed by atoms with E-state index < -0.39 is 0 Å². The van der Waals surface area contributed by atoms with Crippen LogP contribution in [0.5, 0.6) is 0 Å². The Morgan fingerprint density at radius 2 is 1.76 bits per heavy atom. The third-order valence-electron chi connectivity index (χ3n) is 5.17. The Balaban J connectivity index is 1.36. The van der Waals surface area contributed by atoms with Gasteiger partial charge in [-0.25, -0.2) is 9.97 Å². The lowest BCUT2D eigenvalue weighted by Crippen LogP contribution is -2.37. The van der Waals surface area contributed by atoms with Crippen molar-refractivity contribution in [2.45, 2.75) is 25.3 Å². The zero-order valence-corrected chi connectivity index (χ0v) is 14.7. The van der Waals surface area contributed by atoms with Gasteiger partial charge in [0.05, 0.1) is 13.2 Å². The summed E-state index contributed by atoms with van der Waals surface area (Å²) >= 11 is 0. The summed E-state index contributed by atoms with van der Waals surface area (Å²) in [6, 6.07) is 10.9. The van der Waals surface area contributed by atoms with Crippen LogP contribution in [0.3, 0.4) is 0 Å². The summed E-state index contributed by atoms with van der Waals surface area (Å²) in [5.41, 5.74) is 2.66. The van der Waals surface area contributed by atoms with E-state index in [1.165, 1.54) is 24.0 Å². The number of likely N-dealkylation sites (tertiary alicyclic amines) is 1. The Morgan fingerprint density at radius 3 is 2.52 bits per heavy atom. The van der Waals surface area contributed by atoms with Crippen LogP contribution in [0.25, 0.3) is 0 Å². The highest BCUT2D eigenvalue weighted by Crippen LogP contribution is 2.27. The van der Waals surface area contributed by atoms with Gasteiger partial charge in [0.15, 0.2) is 0 Å². The number of ether oxygens (including phenoxy) is 1. The van der Waals surface area contributed by atoms with E-state index in [1.807, 2.05) is 12.4 Å². The SMILES string of the molecule is c1ccc([C@@H]2CCCN(Cc3cnc(N4CCOCC4)nc3)C2)cc1. The summed E-state index contributed by atoms with van der Waals surface area (Å²) in [6.07, 6.45) is 6.52. The van der Waals surface area contributed by atoms with Crippen molar-refractivity contribution in [3.05, 3.63) is 53.9 Å². The van der Waals surface area contributed by atoms with E-state index >= 15 is 0 Å². The molecule has 5 heteroatoms. The quantitative estimate of drug-likeness (QED) is 0.857. The summed E-state index contributed by atoms with van der Waals surface area (Å²) in [4.78, 5) is 13.9. The molecule has 132 valence electrons. The lowest BCUT2D eigenvalue weighted by Gasteiger charge is -2.33. The van der Waals surface area contributed by atoms with Crippen LogP contribution in [0, 0.1) is 0 Å². The van der Waals surface area contributed by atoms with Crippen molar-refractivity contribution in [1.82, 2.24) is 14.9 Å². The van der Waals surface area contributed by atoms with Crippen molar-refractivity contribution in [1.29, 1.82) is 0 Å². The van der Waals surface area contributed by atoms with Gasteiger partial charge in [-0.15, -0.1) is 0 Å². The molecule has 0 spiro atoms. The summed E-state index contributed by atoms with van der Waals surface area (Å²) in [5.74, 6) is 1.47. The molecule has 2 aromatic rings. The number of hydrogen-bond donors (Lipinski definition) is 0. The Labute approximate surface area is 149 Å². The number of rotatable bonds is 4. The topological polar surface area (TPSA) is 41.5 Å². The highest BCUT2D eigenvalue weighted by molar-refractivity contribution is 5.30. The molecule has 2 aliphatic rings. The molecule has 3 heterocycles. The maximum absolute atomic E-state index is 5.39. The normalized spacial score (nSPS) is 22.1. The second kappa shape index (κ2) is 7.93. The van der Waals surface area contributed by atoms with Crippen molar-refractivity contribution >= 4 is 5.95 Å². The molecule has 2 aliphatic heterocycles. The first-order valence-corrected chi connectivity index (χ1v) is 9.29. The smallest absolute Gasteiger partial charge is 0.225 e. The zero-order chi connectivity index (χ0) is 16.9. The molecule has 0 saturated carbocycles. The largest absolute Gasteiger partial charge is 0.378 e. The summed E-state index contributed by atoms with van der Waals surface area (Å²) in [7, 11) is 0. The van der Waals surface area contributed by atoms with Gasteiger partial charge in [0, 0.05) is 44.1 Å². The van der Waals surface area contributed by atoms with Crippen molar-refractivity contribution in [2.24, 2.45) is 0 Å². The summed E-state index contributed by atoms with van der Waals surface area (Å²) in [5, 5.41) is 0. The van der Waals surface area contributed by atoms with Gasteiger partial charge in [0.1, 0.15) is 0 Å². The molecule has 1 aromatic carbocycles. The van der Waals surface area contributed by atoms with Gasteiger partial charge in [0.25, 0.3) is 0 Å². The molecular weight excluding hydrogens is 312 g/mol. The molecule has 0 N–H and O–H groups in total. The molecule has 25 heavy (non-hydrogen) atoms. The van der Waals surface area contributed by atoms with Crippen LogP contribution in [0.2, 0.25) is 0 Å².